The van der Waals surface area contributed by atoms with Gasteiger partial charge in [-0.15, -0.1) is 0 Å². The van der Waals surface area contributed by atoms with Gasteiger partial charge in [0.15, 0.2) is 0 Å². The van der Waals surface area contributed by atoms with Crippen LogP contribution in [0.5, 0.6) is 5.75 Å². The van der Waals surface area contributed by atoms with Crippen LogP contribution in [0.1, 0.15) is 26.3 Å². The Balaban J connectivity index is 2.85. The van der Waals surface area contributed by atoms with Gasteiger partial charge in [0.05, 0.1) is 7.11 Å². The number of carbonyl (C=O) groups is 1. The zero-order chi connectivity index (χ0) is 14.6. The van der Waals surface area contributed by atoms with Gasteiger partial charge in [-0.3, -0.25) is 4.79 Å². The quantitative estimate of drug-likeness (QED) is 0.785. The van der Waals surface area contributed by atoms with E-state index in [4.69, 9.17) is 4.74 Å². The summed E-state index contributed by atoms with van der Waals surface area (Å²) in [6.07, 6.45) is 0. The summed E-state index contributed by atoms with van der Waals surface area (Å²) in [6, 6.07) is 5.86. The Hall–Kier alpha value is -1.71. The number of rotatable bonds is 4. The van der Waals surface area contributed by atoms with Gasteiger partial charge in [0, 0.05) is 12.7 Å². The number of esters is 1. The Morgan fingerprint density at radius 2 is 1.95 bits per heavy atom. The number of anilines is 1. The summed E-state index contributed by atoms with van der Waals surface area (Å²) in [6.45, 7) is 8.27. The van der Waals surface area contributed by atoms with Gasteiger partial charge in [0.25, 0.3) is 0 Å². The van der Waals surface area contributed by atoms with Crippen molar-refractivity contribution < 1.29 is 14.3 Å². The third-order valence-corrected chi connectivity index (χ3v) is 2.60. The standard InChI is InChI=1S/C15H23NO3/c1-11-9-12(19-15(2,3)4)7-8-13(11)16(5)10-14(17)18-6/h7-9H,10H2,1-6H3. The number of likely N-dealkylation sites (N-methyl/N-ethyl adjacent to an activating group) is 1. The molecule has 0 N–H and O–H groups in total. The molecule has 1 rings (SSSR count). The normalized spacial score (nSPS) is 11.1. The first-order chi connectivity index (χ1) is 8.73. The molecule has 19 heavy (non-hydrogen) atoms. The molecule has 0 radical (unpaired) electrons. The van der Waals surface area contributed by atoms with Crippen LogP contribution in [0.2, 0.25) is 0 Å². The molecule has 4 nitrogen and oxygen atoms in total. The predicted octanol–water partition coefficient (Wildman–Crippen LogP) is 2.78. The van der Waals surface area contributed by atoms with Crippen molar-refractivity contribution in [2.24, 2.45) is 0 Å². The number of methoxy groups -OCH3 is 1. The molecule has 1 aromatic carbocycles. The number of aryl methyl sites for hydroxylation is 1. The molecule has 0 aliphatic heterocycles. The van der Waals surface area contributed by atoms with Crippen molar-refractivity contribution in [1.29, 1.82) is 0 Å². The van der Waals surface area contributed by atoms with Gasteiger partial charge in [-0.25, -0.2) is 0 Å². The molecule has 0 amide bonds. The Kier molecular flexibility index (Phi) is 4.81. The third-order valence-electron chi connectivity index (χ3n) is 2.60. The van der Waals surface area contributed by atoms with Crippen LogP contribution in [0, 0.1) is 6.92 Å². The zero-order valence-electron chi connectivity index (χ0n) is 12.6. The topological polar surface area (TPSA) is 38.8 Å². The maximum absolute atomic E-state index is 11.3. The minimum absolute atomic E-state index is 0.216. The molecule has 0 aliphatic rings. The Morgan fingerprint density at radius 1 is 1.32 bits per heavy atom. The average Bonchev–Trinajstić information content (AvgIpc) is 2.26. The van der Waals surface area contributed by atoms with Gasteiger partial charge in [0.2, 0.25) is 0 Å². The Labute approximate surface area is 115 Å². The highest BCUT2D eigenvalue weighted by Gasteiger charge is 2.14. The van der Waals surface area contributed by atoms with Crippen LogP contribution in [-0.2, 0) is 9.53 Å². The highest BCUT2D eigenvalue weighted by molar-refractivity contribution is 5.76. The second kappa shape index (κ2) is 5.95. The second-order valence-corrected chi connectivity index (χ2v) is 5.59. The second-order valence-electron chi connectivity index (χ2n) is 5.59. The summed E-state index contributed by atoms with van der Waals surface area (Å²) in [5.41, 5.74) is 1.84. The zero-order valence-corrected chi connectivity index (χ0v) is 12.6. The van der Waals surface area contributed by atoms with E-state index in [0.29, 0.717) is 0 Å². The summed E-state index contributed by atoms with van der Waals surface area (Å²) in [5, 5.41) is 0. The van der Waals surface area contributed by atoms with Crippen LogP contribution in [0.15, 0.2) is 18.2 Å². The van der Waals surface area contributed by atoms with Crippen LogP contribution >= 0.6 is 0 Å². The number of ether oxygens (including phenoxy) is 2. The maximum atomic E-state index is 11.3. The summed E-state index contributed by atoms with van der Waals surface area (Å²) in [4.78, 5) is 13.1. The summed E-state index contributed by atoms with van der Waals surface area (Å²) >= 11 is 0. The summed E-state index contributed by atoms with van der Waals surface area (Å²) in [7, 11) is 3.26. The molecule has 1 aromatic rings. The molecule has 0 unspecified atom stereocenters. The van der Waals surface area contributed by atoms with Gasteiger partial charge in [-0.1, -0.05) is 0 Å². The largest absolute Gasteiger partial charge is 0.488 e. The molecular weight excluding hydrogens is 242 g/mol. The number of hydrogen-bond donors (Lipinski definition) is 0. The first-order valence-corrected chi connectivity index (χ1v) is 6.30. The monoisotopic (exact) mass is 265 g/mol. The minimum atomic E-state index is -0.253. The van der Waals surface area contributed by atoms with Crippen LogP contribution in [0.25, 0.3) is 0 Å². The lowest BCUT2D eigenvalue weighted by Gasteiger charge is -2.24. The van der Waals surface area contributed by atoms with Gasteiger partial charge in [0.1, 0.15) is 17.9 Å². The van der Waals surface area contributed by atoms with E-state index in [1.54, 1.807) is 0 Å². The van der Waals surface area contributed by atoms with Crippen molar-refractivity contribution in [2.75, 3.05) is 25.6 Å². The molecular formula is C15H23NO3. The fourth-order valence-electron chi connectivity index (χ4n) is 1.82. The third kappa shape index (κ3) is 4.81. The molecule has 0 aromatic heterocycles. The van der Waals surface area contributed by atoms with E-state index in [9.17, 15) is 4.79 Å². The first-order valence-electron chi connectivity index (χ1n) is 6.30. The summed E-state index contributed by atoms with van der Waals surface area (Å²) < 4.78 is 10.5. The minimum Gasteiger partial charge on any atom is -0.488 e. The van der Waals surface area contributed by atoms with Crippen molar-refractivity contribution in [3.63, 3.8) is 0 Å². The number of hydrogen-bond acceptors (Lipinski definition) is 4. The molecule has 0 saturated carbocycles. The average molecular weight is 265 g/mol. The van der Waals surface area contributed by atoms with Crippen LogP contribution in [0.3, 0.4) is 0 Å². The summed E-state index contributed by atoms with van der Waals surface area (Å²) in [5.74, 6) is 0.581. The Morgan fingerprint density at radius 3 is 2.42 bits per heavy atom. The van der Waals surface area contributed by atoms with E-state index in [1.807, 2.05) is 57.8 Å². The van der Waals surface area contributed by atoms with E-state index in [-0.39, 0.29) is 18.1 Å². The lowest BCUT2D eigenvalue weighted by atomic mass is 10.1. The molecule has 106 valence electrons. The highest BCUT2D eigenvalue weighted by atomic mass is 16.5. The molecule has 0 atom stereocenters. The van der Waals surface area contributed by atoms with Gasteiger partial charge in [-0.05, 0) is 51.5 Å². The predicted molar refractivity (Wildman–Crippen MR) is 76.8 cm³/mol. The van der Waals surface area contributed by atoms with Crippen molar-refractivity contribution in [2.45, 2.75) is 33.3 Å². The number of nitrogens with zero attached hydrogens (tertiary/aromatic N) is 1. The van der Waals surface area contributed by atoms with Crippen molar-refractivity contribution in [3.05, 3.63) is 23.8 Å². The fraction of sp³-hybridized carbons (Fsp3) is 0.533. The van der Waals surface area contributed by atoms with E-state index in [0.717, 1.165) is 17.0 Å². The van der Waals surface area contributed by atoms with Gasteiger partial charge >= 0.3 is 5.97 Å². The van der Waals surface area contributed by atoms with Gasteiger partial charge in [-0.2, -0.15) is 0 Å². The van der Waals surface area contributed by atoms with Crippen LogP contribution in [0.4, 0.5) is 5.69 Å². The Bertz CT molecular complexity index is 449. The SMILES string of the molecule is COC(=O)CN(C)c1ccc(OC(C)(C)C)cc1C. The number of benzene rings is 1. The van der Waals surface area contributed by atoms with E-state index in [1.165, 1.54) is 7.11 Å². The van der Waals surface area contributed by atoms with E-state index < -0.39 is 0 Å². The molecule has 0 saturated heterocycles. The van der Waals surface area contributed by atoms with E-state index >= 15 is 0 Å². The first kappa shape index (κ1) is 15.3. The lowest BCUT2D eigenvalue weighted by molar-refractivity contribution is -0.138. The molecule has 0 aliphatic carbocycles. The van der Waals surface area contributed by atoms with Crippen molar-refractivity contribution in [3.8, 4) is 5.75 Å². The molecule has 0 bridgehead atoms. The molecule has 0 heterocycles. The number of carbonyl (C=O) groups excluding carboxylic acids is 1. The smallest absolute Gasteiger partial charge is 0.325 e. The molecule has 0 spiro atoms. The van der Waals surface area contributed by atoms with Crippen molar-refractivity contribution >= 4 is 11.7 Å². The fourth-order valence-corrected chi connectivity index (χ4v) is 1.82. The van der Waals surface area contributed by atoms with Crippen LogP contribution in [-0.4, -0.2) is 32.3 Å². The van der Waals surface area contributed by atoms with E-state index in [2.05, 4.69) is 4.74 Å². The highest BCUT2D eigenvalue weighted by Crippen LogP contribution is 2.26. The van der Waals surface area contributed by atoms with Crippen molar-refractivity contribution in [1.82, 2.24) is 0 Å². The maximum Gasteiger partial charge on any atom is 0.325 e. The molecule has 0 fully saturated rings. The molecule has 4 heteroatoms. The van der Waals surface area contributed by atoms with Gasteiger partial charge < -0.3 is 14.4 Å². The lowest BCUT2D eigenvalue weighted by Crippen LogP contribution is -2.27. The van der Waals surface area contributed by atoms with Crippen LogP contribution < -0.4 is 9.64 Å².